The minimum atomic E-state index is -1.03. The molecule has 0 saturated carbocycles. The molecule has 0 heterocycles. The standard InChI is InChI=1S/C12H17FN2O2/c1-15(2)7-9-4-3-8(5-11(9)13)10(6-14)12(16)17/h3-5,10H,6-7,14H2,1-2H3,(H,16,17). The summed E-state index contributed by atoms with van der Waals surface area (Å²) in [6, 6.07) is 4.48. The summed E-state index contributed by atoms with van der Waals surface area (Å²) in [5, 5.41) is 8.92. The van der Waals surface area contributed by atoms with Gasteiger partial charge in [-0.15, -0.1) is 0 Å². The van der Waals surface area contributed by atoms with Crippen molar-refractivity contribution in [3.05, 3.63) is 35.1 Å². The van der Waals surface area contributed by atoms with E-state index < -0.39 is 17.7 Å². The van der Waals surface area contributed by atoms with Crippen LogP contribution in [0.3, 0.4) is 0 Å². The number of rotatable bonds is 5. The molecule has 0 spiro atoms. The Balaban J connectivity index is 2.99. The smallest absolute Gasteiger partial charge is 0.312 e. The molecule has 1 atom stereocenters. The van der Waals surface area contributed by atoms with Gasteiger partial charge in [-0.3, -0.25) is 4.79 Å². The van der Waals surface area contributed by atoms with Crippen molar-refractivity contribution in [2.45, 2.75) is 12.5 Å². The number of halogens is 1. The second kappa shape index (κ2) is 5.75. The third kappa shape index (κ3) is 3.51. The summed E-state index contributed by atoms with van der Waals surface area (Å²) in [5.74, 6) is -2.28. The molecule has 1 aromatic rings. The maximum Gasteiger partial charge on any atom is 0.312 e. The molecule has 1 rings (SSSR count). The van der Waals surface area contributed by atoms with Gasteiger partial charge in [-0.05, 0) is 25.7 Å². The van der Waals surface area contributed by atoms with Crippen LogP contribution in [0.5, 0.6) is 0 Å². The molecule has 3 N–H and O–H groups in total. The highest BCUT2D eigenvalue weighted by molar-refractivity contribution is 5.76. The Labute approximate surface area is 99.8 Å². The molecule has 17 heavy (non-hydrogen) atoms. The molecule has 0 aromatic heterocycles. The van der Waals surface area contributed by atoms with E-state index in [1.807, 2.05) is 19.0 Å². The van der Waals surface area contributed by atoms with E-state index in [0.717, 1.165) is 0 Å². The van der Waals surface area contributed by atoms with Gasteiger partial charge in [0.2, 0.25) is 0 Å². The van der Waals surface area contributed by atoms with Gasteiger partial charge in [-0.2, -0.15) is 0 Å². The molecule has 1 unspecified atom stereocenters. The van der Waals surface area contributed by atoms with E-state index in [1.54, 1.807) is 12.1 Å². The summed E-state index contributed by atoms with van der Waals surface area (Å²) < 4.78 is 13.7. The van der Waals surface area contributed by atoms with Gasteiger partial charge in [0.25, 0.3) is 0 Å². The van der Waals surface area contributed by atoms with Crippen molar-refractivity contribution in [3.8, 4) is 0 Å². The lowest BCUT2D eigenvalue weighted by Crippen LogP contribution is -2.21. The second-order valence-electron chi connectivity index (χ2n) is 4.22. The molecule has 0 bridgehead atoms. The fourth-order valence-electron chi connectivity index (χ4n) is 1.63. The monoisotopic (exact) mass is 240 g/mol. The molecule has 0 aliphatic carbocycles. The number of hydrogen-bond acceptors (Lipinski definition) is 3. The molecular formula is C12H17FN2O2. The molecule has 4 nitrogen and oxygen atoms in total. The van der Waals surface area contributed by atoms with Crippen LogP contribution >= 0.6 is 0 Å². The fraction of sp³-hybridized carbons (Fsp3) is 0.417. The van der Waals surface area contributed by atoms with E-state index >= 15 is 0 Å². The summed E-state index contributed by atoms with van der Waals surface area (Å²) >= 11 is 0. The highest BCUT2D eigenvalue weighted by Crippen LogP contribution is 2.19. The topological polar surface area (TPSA) is 66.6 Å². The van der Waals surface area contributed by atoms with Gasteiger partial charge in [0.1, 0.15) is 5.82 Å². The van der Waals surface area contributed by atoms with Crippen molar-refractivity contribution in [2.24, 2.45) is 5.73 Å². The van der Waals surface area contributed by atoms with E-state index in [9.17, 15) is 9.18 Å². The van der Waals surface area contributed by atoms with Gasteiger partial charge in [0, 0.05) is 18.7 Å². The third-order valence-electron chi connectivity index (χ3n) is 2.50. The van der Waals surface area contributed by atoms with Crippen LogP contribution in [-0.4, -0.2) is 36.6 Å². The van der Waals surface area contributed by atoms with E-state index in [-0.39, 0.29) is 6.54 Å². The van der Waals surface area contributed by atoms with Crippen LogP contribution in [0.25, 0.3) is 0 Å². The molecule has 1 aromatic carbocycles. The first-order valence-corrected chi connectivity index (χ1v) is 5.31. The molecule has 5 heteroatoms. The zero-order valence-corrected chi connectivity index (χ0v) is 9.98. The SMILES string of the molecule is CN(C)Cc1ccc(C(CN)C(=O)O)cc1F. The van der Waals surface area contributed by atoms with Crippen molar-refractivity contribution >= 4 is 5.97 Å². The van der Waals surface area contributed by atoms with Crippen molar-refractivity contribution in [1.82, 2.24) is 4.90 Å². The minimum absolute atomic E-state index is 0.0399. The molecule has 0 fully saturated rings. The highest BCUT2D eigenvalue weighted by atomic mass is 19.1. The predicted molar refractivity (Wildman–Crippen MR) is 63.2 cm³/mol. The normalized spacial score (nSPS) is 12.8. The lowest BCUT2D eigenvalue weighted by Gasteiger charge is -2.14. The second-order valence-corrected chi connectivity index (χ2v) is 4.22. The van der Waals surface area contributed by atoms with Crippen LogP contribution in [0.1, 0.15) is 17.0 Å². The Morgan fingerprint density at radius 3 is 2.59 bits per heavy atom. The number of hydrogen-bond donors (Lipinski definition) is 2. The number of benzene rings is 1. The van der Waals surface area contributed by atoms with Gasteiger partial charge in [-0.25, -0.2) is 4.39 Å². The van der Waals surface area contributed by atoms with E-state index in [4.69, 9.17) is 10.8 Å². The summed E-state index contributed by atoms with van der Waals surface area (Å²) in [5.41, 5.74) is 6.31. The predicted octanol–water partition coefficient (Wildman–Crippen LogP) is 1.01. The summed E-state index contributed by atoms with van der Waals surface area (Å²) in [7, 11) is 3.68. The van der Waals surface area contributed by atoms with E-state index in [2.05, 4.69) is 0 Å². The summed E-state index contributed by atoms with van der Waals surface area (Å²) in [4.78, 5) is 12.7. The number of carboxylic acid groups (broad SMARTS) is 1. The maximum absolute atomic E-state index is 13.7. The van der Waals surface area contributed by atoms with Crippen LogP contribution in [0.15, 0.2) is 18.2 Å². The number of carbonyl (C=O) groups is 1. The zero-order chi connectivity index (χ0) is 13.0. The molecule has 0 saturated heterocycles. The zero-order valence-electron chi connectivity index (χ0n) is 9.98. The molecular weight excluding hydrogens is 223 g/mol. The van der Waals surface area contributed by atoms with Crippen LogP contribution in [0, 0.1) is 5.82 Å². The summed E-state index contributed by atoms with van der Waals surface area (Å²) in [6.45, 7) is 0.439. The molecule has 0 aliphatic rings. The van der Waals surface area contributed by atoms with Crippen molar-refractivity contribution in [2.75, 3.05) is 20.6 Å². The number of nitrogens with zero attached hydrogens (tertiary/aromatic N) is 1. The Bertz CT molecular complexity index is 407. The first-order valence-electron chi connectivity index (χ1n) is 5.31. The van der Waals surface area contributed by atoms with Crippen molar-refractivity contribution in [3.63, 3.8) is 0 Å². The summed E-state index contributed by atoms with van der Waals surface area (Å²) in [6.07, 6.45) is 0. The lowest BCUT2D eigenvalue weighted by atomic mass is 9.98. The Morgan fingerprint density at radius 1 is 1.53 bits per heavy atom. The van der Waals surface area contributed by atoms with Crippen molar-refractivity contribution in [1.29, 1.82) is 0 Å². The van der Waals surface area contributed by atoms with E-state index in [1.165, 1.54) is 6.07 Å². The molecule has 0 radical (unpaired) electrons. The highest BCUT2D eigenvalue weighted by Gasteiger charge is 2.19. The van der Waals surface area contributed by atoms with Crippen LogP contribution in [0.2, 0.25) is 0 Å². The number of carboxylic acids is 1. The maximum atomic E-state index is 13.7. The number of aliphatic carboxylic acids is 1. The van der Waals surface area contributed by atoms with Crippen LogP contribution < -0.4 is 5.73 Å². The van der Waals surface area contributed by atoms with Gasteiger partial charge in [-0.1, -0.05) is 12.1 Å². The average molecular weight is 240 g/mol. The number of nitrogens with two attached hydrogens (primary N) is 1. The third-order valence-corrected chi connectivity index (χ3v) is 2.50. The van der Waals surface area contributed by atoms with Gasteiger partial charge < -0.3 is 15.7 Å². The van der Waals surface area contributed by atoms with Crippen LogP contribution in [-0.2, 0) is 11.3 Å². The fourth-order valence-corrected chi connectivity index (χ4v) is 1.63. The van der Waals surface area contributed by atoms with Crippen molar-refractivity contribution < 1.29 is 14.3 Å². The Hall–Kier alpha value is -1.46. The first kappa shape index (κ1) is 13.6. The first-order chi connectivity index (χ1) is 7.95. The molecule has 0 amide bonds. The van der Waals surface area contributed by atoms with E-state index in [0.29, 0.717) is 17.7 Å². The minimum Gasteiger partial charge on any atom is -0.481 e. The lowest BCUT2D eigenvalue weighted by molar-refractivity contribution is -0.138. The van der Waals surface area contributed by atoms with Gasteiger partial charge >= 0.3 is 5.97 Å². The molecule has 0 aliphatic heterocycles. The average Bonchev–Trinajstić information content (AvgIpc) is 2.22. The quantitative estimate of drug-likeness (QED) is 0.806. The molecule has 94 valence electrons. The van der Waals surface area contributed by atoms with Gasteiger partial charge in [0.15, 0.2) is 0 Å². The largest absolute Gasteiger partial charge is 0.481 e. The Kier molecular flexibility index (Phi) is 4.60. The van der Waals surface area contributed by atoms with Crippen LogP contribution in [0.4, 0.5) is 4.39 Å². The Morgan fingerprint density at radius 2 is 2.18 bits per heavy atom. The van der Waals surface area contributed by atoms with Gasteiger partial charge in [0.05, 0.1) is 5.92 Å².